The maximum absolute atomic E-state index is 13.1. The van der Waals surface area contributed by atoms with E-state index >= 15 is 0 Å². The number of aromatic nitrogens is 2. The molecule has 1 heterocycles. The first-order valence-corrected chi connectivity index (χ1v) is 6.81. The van der Waals surface area contributed by atoms with Crippen molar-refractivity contribution >= 4 is 11.5 Å². The Kier molecular flexibility index (Phi) is 4.55. The smallest absolute Gasteiger partial charge is 0.126 e. The van der Waals surface area contributed by atoms with Crippen LogP contribution in [0.5, 0.6) is 0 Å². The summed E-state index contributed by atoms with van der Waals surface area (Å²) in [6.45, 7) is 2.01. The van der Waals surface area contributed by atoms with Crippen molar-refractivity contribution < 1.29 is 13.9 Å². The van der Waals surface area contributed by atoms with Gasteiger partial charge in [-0.25, -0.2) is 8.78 Å². The Morgan fingerprint density at radius 3 is 2.58 bits per heavy atom. The topological polar surface area (TPSA) is 46.0 Å². The van der Waals surface area contributed by atoms with E-state index < -0.39 is 17.7 Å². The summed E-state index contributed by atoms with van der Waals surface area (Å²) in [6.07, 6.45) is 0.956. The average molecular weight is 284 g/mol. The molecule has 19 heavy (non-hydrogen) atoms. The summed E-state index contributed by atoms with van der Waals surface area (Å²) in [7, 11) is 0. The molecule has 0 amide bonds. The first-order chi connectivity index (χ1) is 9.10. The molecule has 3 nitrogen and oxygen atoms in total. The molecule has 1 unspecified atom stereocenters. The van der Waals surface area contributed by atoms with Crippen molar-refractivity contribution in [2.75, 3.05) is 0 Å². The summed E-state index contributed by atoms with van der Waals surface area (Å²) in [5.74, 6) is -1.28. The molecule has 1 aromatic heterocycles. The number of halogens is 2. The molecule has 0 radical (unpaired) electrons. The lowest BCUT2D eigenvalue weighted by Crippen LogP contribution is -2.04. The molecule has 0 aliphatic carbocycles. The quantitative estimate of drug-likeness (QED) is 0.918. The van der Waals surface area contributed by atoms with E-state index in [9.17, 15) is 13.9 Å². The zero-order valence-corrected chi connectivity index (χ0v) is 11.3. The number of aryl methyl sites for hydroxylation is 1. The molecule has 0 aliphatic heterocycles. The first kappa shape index (κ1) is 14.0. The maximum atomic E-state index is 13.1. The van der Waals surface area contributed by atoms with Gasteiger partial charge in [0.2, 0.25) is 0 Å². The summed E-state index contributed by atoms with van der Waals surface area (Å²) >= 11 is 1.13. The molecule has 0 saturated heterocycles. The Hall–Kier alpha value is -1.40. The lowest BCUT2D eigenvalue weighted by atomic mass is 10.0. The van der Waals surface area contributed by atoms with Crippen molar-refractivity contribution in [2.24, 2.45) is 0 Å². The number of benzene rings is 1. The van der Waals surface area contributed by atoms with E-state index in [1.165, 1.54) is 12.1 Å². The minimum atomic E-state index is -0.831. The summed E-state index contributed by atoms with van der Waals surface area (Å²) in [6, 6.07) is 3.26. The number of aliphatic hydroxyl groups is 1. The van der Waals surface area contributed by atoms with Gasteiger partial charge in [-0.2, -0.15) is 0 Å². The average Bonchev–Trinajstić information content (AvgIpc) is 2.76. The Morgan fingerprint density at radius 2 is 1.95 bits per heavy atom. The summed E-state index contributed by atoms with van der Waals surface area (Å²) in [5.41, 5.74) is 1.18. The second-order valence-electron chi connectivity index (χ2n) is 4.33. The van der Waals surface area contributed by atoms with E-state index in [-0.39, 0.29) is 6.42 Å². The van der Waals surface area contributed by atoms with Gasteiger partial charge in [-0.1, -0.05) is 17.8 Å². The van der Waals surface area contributed by atoms with Crippen molar-refractivity contribution in [1.29, 1.82) is 0 Å². The SMILES string of the molecule is CCCc1nnsc1C(O)Cc1cc(F)cc(F)c1. The third-order valence-corrected chi connectivity index (χ3v) is 3.59. The highest BCUT2D eigenvalue weighted by atomic mass is 32.1. The molecule has 0 bridgehead atoms. The van der Waals surface area contributed by atoms with Crippen molar-refractivity contribution in [1.82, 2.24) is 9.59 Å². The van der Waals surface area contributed by atoms with Crippen LogP contribution in [0.1, 0.15) is 35.6 Å². The first-order valence-electron chi connectivity index (χ1n) is 6.04. The number of hydrogen-bond donors (Lipinski definition) is 1. The van der Waals surface area contributed by atoms with E-state index in [0.717, 1.165) is 36.1 Å². The van der Waals surface area contributed by atoms with Crippen LogP contribution in [-0.2, 0) is 12.8 Å². The molecule has 102 valence electrons. The van der Waals surface area contributed by atoms with Crippen LogP contribution < -0.4 is 0 Å². The zero-order chi connectivity index (χ0) is 13.8. The Morgan fingerprint density at radius 1 is 1.26 bits per heavy atom. The molecule has 2 rings (SSSR count). The number of aliphatic hydroxyl groups excluding tert-OH is 1. The summed E-state index contributed by atoms with van der Waals surface area (Å²) in [4.78, 5) is 0.673. The molecule has 0 aliphatic rings. The van der Waals surface area contributed by atoms with Crippen LogP contribution in [0.4, 0.5) is 8.78 Å². The van der Waals surface area contributed by atoms with Gasteiger partial charge in [-0.15, -0.1) is 5.10 Å². The van der Waals surface area contributed by atoms with E-state index in [4.69, 9.17) is 0 Å². The monoisotopic (exact) mass is 284 g/mol. The largest absolute Gasteiger partial charge is 0.387 e. The standard InChI is InChI=1S/C13H14F2N2OS/c1-2-3-11-13(19-17-16-11)12(18)6-8-4-9(14)7-10(15)5-8/h4-5,7,12,18H,2-3,6H2,1H3. The normalized spacial score (nSPS) is 12.6. The predicted octanol–water partition coefficient (Wildman–Crippen LogP) is 3.04. The second kappa shape index (κ2) is 6.16. The number of nitrogens with zero attached hydrogens (tertiary/aromatic N) is 2. The van der Waals surface area contributed by atoms with Crippen LogP contribution in [0.2, 0.25) is 0 Å². The lowest BCUT2D eigenvalue weighted by molar-refractivity contribution is 0.180. The van der Waals surface area contributed by atoms with Crippen LogP contribution in [0, 0.1) is 11.6 Å². The zero-order valence-electron chi connectivity index (χ0n) is 10.4. The molecule has 0 spiro atoms. The Bertz CT molecular complexity index is 539. The molecule has 2 aromatic rings. The van der Waals surface area contributed by atoms with E-state index in [0.29, 0.717) is 10.4 Å². The molecule has 6 heteroatoms. The molecular formula is C13H14F2N2OS. The molecule has 0 fully saturated rings. The lowest BCUT2D eigenvalue weighted by Gasteiger charge is -2.10. The van der Waals surface area contributed by atoms with Gasteiger partial charge in [-0.05, 0) is 35.6 Å². The third-order valence-electron chi connectivity index (χ3n) is 2.73. The Labute approximate surface area is 114 Å². The van der Waals surface area contributed by atoms with Crippen LogP contribution >= 0.6 is 11.5 Å². The van der Waals surface area contributed by atoms with Crippen molar-refractivity contribution in [2.45, 2.75) is 32.3 Å². The minimum absolute atomic E-state index is 0.148. The molecule has 0 saturated carbocycles. The van der Waals surface area contributed by atoms with Crippen molar-refractivity contribution in [3.05, 3.63) is 46.0 Å². The predicted molar refractivity (Wildman–Crippen MR) is 68.9 cm³/mol. The van der Waals surface area contributed by atoms with Crippen molar-refractivity contribution in [3.63, 3.8) is 0 Å². The summed E-state index contributed by atoms with van der Waals surface area (Å²) < 4.78 is 30.0. The Balaban J connectivity index is 2.15. The molecule has 1 N–H and O–H groups in total. The van der Waals surface area contributed by atoms with Gasteiger partial charge >= 0.3 is 0 Å². The van der Waals surface area contributed by atoms with Gasteiger partial charge in [0.05, 0.1) is 16.7 Å². The van der Waals surface area contributed by atoms with E-state index in [2.05, 4.69) is 9.59 Å². The molecule has 1 atom stereocenters. The number of hydrogen-bond acceptors (Lipinski definition) is 4. The fourth-order valence-electron chi connectivity index (χ4n) is 1.92. The number of rotatable bonds is 5. The summed E-state index contributed by atoms with van der Waals surface area (Å²) in [5, 5.41) is 14.1. The van der Waals surface area contributed by atoms with Gasteiger partial charge in [0, 0.05) is 12.5 Å². The minimum Gasteiger partial charge on any atom is -0.387 e. The highest BCUT2D eigenvalue weighted by molar-refractivity contribution is 7.05. The van der Waals surface area contributed by atoms with E-state index in [1.54, 1.807) is 0 Å². The fourth-order valence-corrected chi connectivity index (χ4v) is 2.60. The maximum Gasteiger partial charge on any atom is 0.126 e. The fraction of sp³-hybridized carbons (Fsp3) is 0.385. The van der Waals surface area contributed by atoms with Gasteiger partial charge in [0.15, 0.2) is 0 Å². The van der Waals surface area contributed by atoms with Crippen LogP contribution in [0.15, 0.2) is 18.2 Å². The molecule has 1 aromatic carbocycles. The van der Waals surface area contributed by atoms with Gasteiger partial charge < -0.3 is 5.11 Å². The second-order valence-corrected chi connectivity index (χ2v) is 5.12. The van der Waals surface area contributed by atoms with Gasteiger partial charge in [0.25, 0.3) is 0 Å². The highest BCUT2D eigenvalue weighted by Gasteiger charge is 2.17. The van der Waals surface area contributed by atoms with Gasteiger partial charge in [0.1, 0.15) is 11.6 Å². The third kappa shape index (κ3) is 3.54. The van der Waals surface area contributed by atoms with E-state index in [1.807, 2.05) is 6.92 Å². The van der Waals surface area contributed by atoms with Crippen LogP contribution in [-0.4, -0.2) is 14.7 Å². The van der Waals surface area contributed by atoms with Crippen LogP contribution in [0.3, 0.4) is 0 Å². The van der Waals surface area contributed by atoms with Crippen molar-refractivity contribution in [3.8, 4) is 0 Å². The molecular weight excluding hydrogens is 270 g/mol. The van der Waals surface area contributed by atoms with Crippen LogP contribution in [0.25, 0.3) is 0 Å². The highest BCUT2D eigenvalue weighted by Crippen LogP contribution is 2.25. The van der Waals surface area contributed by atoms with Gasteiger partial charge in [-0.3, -0.25) is 0 Å².